The van der Waals surface area contributed by atoms with E-state index in [-0.39, 0.29) is 5.91 Å². The number of carbonyl (C=O) groups is 1. The summed E-state index contributed by atoms with van der Waals surface area (Å²) in [6.07, 6.45) is 7.72. The number of benzene rings is 1. The number of amides is 1. The average Bonchev–Trinajstić information content (AvgIpc) is 2.95. The molecule has 7 nitrogen and oxygen atoms in total. The van der Waals surface area contributed by atoms with Crippen LogP contribution in [-0.4, -0.2) is 40.6 Å². The molecule has 3 heterocycles. The summed E-state index contributed by atoms with van der Waals surface area (Å²) in [6.45, 7) is 6.26. The molecule has 0 fully saturated rings. The minimum absolute atomic E-state index is 0.0428. The average molecular weight is 417 g/mol. The van der Waals surface area contributed by atoms with Gasteiger partial charge in [0.2, 0.25) is 5.91 Å². The fourth-order valence-electron chi connectivity index (χ4n) is 3.90. The first-order valence-electron chi connectivity index (χ1n) is 10.8. The van der Waals surface area contributed by atoms with Crippen LogP contribution in [0.4, 0.5) is 11.4 Å². The summed E-state index contributed by atoms with van der Waals surface area (Å²) < 4.78 is 0. The van der Waals surface area contributed by atoms with Gasteiger partial charge in [0.05, 0.1) is 24.1 Å². The van der Waals surface area contributed by atoms with Crippen molar-refractivity contribution in [1.82, 2.24) is 9.88 Å². The quantitative estimate of drug-likeness (QED) is 0.747. The summed E-state index contributed by atoms with van der Waals surface area (Å²) in [4.78, 5) is 28.5. The molecule has 0 spiro atoms. The normalized spacial score (nSPS) is 14.8. The highest BCUT2D eigenvalue weighted by Crippen LogP contribution is 2.30. The van der Waals surface area contributed by atoms with Gasteiger partial charge in [-0.3, -0.25) is 14.8 Å². The molecule has 4 rings (SSSR count). The number of aliphatic imine (C=N–C) groups is 2. The van der Waals surface area contributed by atoms with Crippen molar-refractivity contribution in [3.05, 3.63) is 58.9 Å². The van der Waals surface area contributed by atoms with Crippen LogP contribution >= 0.6 is 0 Å². The molecule has 7 heteroatoms. The van der Waals surface area contributed by atoms with E-state index in [2.05, 4.69) is 34.1 Å². The van der Waals surface area contributed by atoms with Gasteiger partial charge in [-0.05, 0) is 31.1 Å². The van der Waals surface area contributed by atoms with Gasteiger partial charge in [-0.1, -0.05) is 26.0 Å². The van der Waals surface area contributed by atoms with Crippen molar-refractivity contribution in [1.29, 1.82) is 0 Å². The predicted octanol–water partition coefficient (Wildman–Crippen LogP) is 3.88. The molecule has 2 aliphatic heterocycles. The highest BCUT2D eigenvalue weighted by molar-refractivity contribution is 6.11. The maximum Gasteiger partial charge on any atom is 0.250 e. The van der Waals surface area contributed by atoms with Crippen molar-refractivity contribution in [2.45, 2.75) is 39.7 Å². The smallest absolute Gasteiger partial charge is 0.250 e. The summed E-state index contributed by atoms with van der Waals surface area (Å²) in [7, 11) is 0. The van der Waals surface area contributed by atoms with E-state index in [0.717, 1.165) is 59.8 Å². The maximum atomic E-state index is 13.1. The van der Waals surface area contributed by atoms with E-state index in [9.17, 15) is 4.79 Å². The molecule has 0 saturated carbocycles. The summed E-state index contributed by atoms with van der Waals surface area (Å²) >= 11 is 0. The van der Waals surface area contributed by atoms with Gasteiger partial charge in [-0.25, -0.2) is 4.99 Å². The molecule has 3 N–H and O–H groups in total. The number of rotatable bonds is 6. The van der Waals surface area contributed by atoms with Crippen LogP contribution in [0.25, 0.3) is 6.08 Å². The number of nitrogens with zero attached hydrogens (tertiary/aromatic N) is 4. The lowest BCUT2D eigenvalue weighted by Gasteiger charge is -2.22. The second-order valence-corrected chi connectivity index (χ2v) is 7.84. The monoisotopic (exact) mass is 416 g/mol. The van der Waals surface area contributed by atoms with Gasteiger partial charge in [0, 0.05) is 48.0 Å². The Bertz CT molecular complexity index is 1080. The van der Waals surface area contributed by atoms with Crippen molar-refractivity contribution in [2.75, 3.05) is 18.4 Å². The zero-order valence-corrected chi connectivity index (χ0v) is 18.1. The SMILES string of the molecule is CCCN(CCC)C(=O)C1=Cc2ccc(C3=NCc4ccncc4N3)cc2N=C(N)C1. The summed E-state index contributed by atoms with van der Waals surface area (Å²) in [5.41, 5.74) is 11.5. The van der Waals surface area contributed by atoms with Gasteiger partial charge in [0.25, 0.3) is 0 Å². The molecule has 0 aliphatic carbocycles. The van der Waals surface area contributed by atoms with E-state index >= 15 is 0 Å². The fraction of sp³-hybridized carbons (Fsp3) is 0.333. The predicted molar refractivity (Wildman–Crippen MR) is 126 cm³/mol. The number of hydrogen-bond donors (Lipinski definition) is 2. The topological polar surface area (TPSA) is 96.0 Å². The van der Waals surface area contributed by atoms with Gasteiger partial charge in [0.15, 0.2) is 0 Å². The number of nitrogens with two attached hydrogens (primary N) is 1. The number of pyridine rings is 1. The Morgan fingerprint density at radius 3 is 2.77 bits per heavy atom. The Labute approximate surface area is 182 Å². The van der Waals surface area contributed by atoms with Crippen LogP contribution in [0.15, 0.2) is 52.2 Å². The minimum atomic E-state index is 0.0428. The molecule has 0 unspecified atom stereocenters. The molecule has 160 valence electrons. The van der Waals surface area contributed by atoms with Crippen LogP contribution in [-0.2, 0) is 11.3 Å². The minimum Gasteiger partial charge on any atom is -0.387 e. The Balaban J connectivity index is 1.63. The Morgan fingerprint density at radius 2 is 2.00 bits per heavy atom. The van der Waals surface area contributed by atoms with Crippen molar-refractivity contribution in [3.63, 3.8) is 0 Å². The van der Waals surface area contributed by atoms with E-state index in [1.807, 2.05) is 41.4 Å². The van der Waals surface area contributed by atoms with Gasteiger partial charge < -0.3 is 16.0 Å². The zero-order valence-electron chi connectivity index (χ0n) is 18.1. The summed E-state index contributed by atoms with van der Waals surface area (Å²) in [5.74, 6) is 1.26. The first kappa shape index (κ1) is 20.8. The number of hydrogen-bond acceptors (Lipinski definition) is 6. The summed E-state index contributed by atoms with van der Waals surface area (Å²) in [6, 6.07) is 7.91. The second kappa shape index (κ2) is 9.12. The molecule has 0 saturated heterocycles. The Kier molecular flexibility index (Phi) is 6.11. The molecular weight excluding hydrogens is 388 g/mol. The molecule has 1 aromatic carbocycles. The van der Waals surface area contributed by atoms with Gasteiger partial charge in [0.1, 0.15) is 11.7 Å². The van der Waals surface area contributed by atoms with Gasteiger partial charge in [-0.15, -0.1) is 0 Å². The highest BCUT2D eigenvalue weighted by Gasteiger charge is 2.21. The van der Waals surface area contributed by atoms with Crippen molar-refractivity contribution in [2.24, 2.45) is 15.7 Å². The Morgan fingerprint density at radius 1 is 1.19 bits per heavy atom. The third-order valence-electron chi connectivity index (χ3n) is 5.39. The van der Waals surface area contributed by atoms with E-state index in [1.54, 1.807) is 6.20 Å². The maximum absolute atomic E-state index is 13.1. The van der Waals surface area contributed by atoms with Crippen molar-refractivity contribution < 1.29 is 4.79 Å². The summed E-state index contributed by atoms with van der Waals surface area (Å²) in [5, 5.41) is 3.35. The number of anilines is 1. The molecule has 31 heavy (non-hydrogen) atoms. The van der Waals surface area contributed by atoms with Crippen molar-refractivity contribution in [3.8, 4) is 0 Å². The van der Waals surface area contributed by atoms with Crippen molar-refractivity contribution >= 4 is 35.0 Å². The second-order valence-electron chi connectivity index (χ2n) is 7.84. The van der Waals surface area contributed by atoms with Crippen LogP contribution < -0.4 is 11.1 Å². The van der Waals surface area contributed by atoms with E-state index in [1.165, 1.54) is 0 Å². The molecule has 0 bridgehead atoms. The molecule has 0 radical (unpaired) electrons. The molecule has 2 aromatic rings. The number of aromatic nitrogens is 1. The number of carbonyl (C=O) groups excluding carboxylic acids is 1. The molecule has 1 aromatic heterocycles. The molecule has 1 amide bonds. The molecule has 0 atom stereocenters. The molecular formula is C24H28N6O. The Hall–Kier alpha value is -3.48. The molecule has 2 aliphatic rings. The lowest BCUT2D eigenvalue weighted by molar-refractivity contribution is -0.127. The van der Waals surface area contributed by atoms with E-state index < -0.39 is 0 Å². The van der Waals surface area contributed by atoms with Gasteiger partial charge in [-0.2, -0.15) is 0 Å². The van der Waals surface area contributed by atoms with Crippen LogP contribution in [0, 0.1) is 0 Å². The standard InChI is InChI=1S/C24H28N6O/c1-3-9-30(10-4-2)24(31)19-11-16-5-6-17(12-20(16)28-22(25)13-19)23-27-14-18-7-8-26-15-21(18)29-23/h5-8,11-12,15H,3-4,9-10,13-14H2,1-2H3,(H2,25,28)(H,27,29). The number of amidine groups is 2. The first-order chi connectivity index (χ1) is 15.1. The largest absolute Gasteiger partial charge is 0.387 e. The van der Waals surface area contributed by atoms with Gasteiger partial charge >= 0.3 is 0 Å². The number of nitrogens with one attached hydrogen (secondary N) is 1. The lowest BCUT2D eigenvalue weighted by Crippen LogP contribution is -2.34. The first-order valence-corrected chi connectivity index (χ1v) is 10.8. The van der Waals surface area contributed by atoms with Crippen LogP contribution in [0.2, 0.25) is 0 Å². The van der Waals surface area contributed by atoms with Crippen LogP contribution in [0.3, 0.4) is 0 Å². The third kappa shape index (κ3) is 4.50. The zero-order chi connectivity index (χ0) is 21.8. The third-order valence-corrected chi connectivity index (χ3v) is 5.39. The fourth-order valence-corrected chi connectivity index (χ4v) is 3.90. The van der Waals surface area contributed by atoms with E-state index in [0.29, 0.717) is 24.4 Å². The highest BCUT2D eigenvalue weighted by atomic mass is 16.2. The van der Waals surface area contributed by atoms with Crippen LogP contribution in [0.1, 0.15) is 49.8 Å². The lowest BCUT2D eigenvalue weighted by atomic mass is 10.0. The number of fused-ring (bicyclic) bond motifs is 2. The van der Waals surface area contributed by atoms with Crippen LogP contribution in [0.5, 0.6) is 0 Å². The van der Waals surface area contributed by atoms with E-state index in [4.69, 9.17) is 5.73 Å².